The van der Waals surface area contributed by atoms with Gasteiger partial charge in [0.1, 0.15) is 23.8 Å². The molecule has 1 aliphatic heterocycles. The number of carbonyl (C=O) groups excluding carboxylic acids is 1. The fourth-order valence-corrected chi connectivity index (χ4v) is 4.60. The van der Waals surface area contributed by atoms with Crippen molar-refractivity contribution in [2.24, 2.45) is 5.92 Å². The maximum atomic E-state index is 12.2. The van der Waals surface area contributed by atoms with Crippen LogP contribution in [0.1, 0.15) is 79.9 Å². The highest BCUT2D eigenvalue weighted by Gasteiger charge is 2.33. The zero-order valence-corrected chi connectivity index (χ0v) is 19.2. The Morgan fingerprint density at radius 1 is 1.06 bits per heavy atom. The summed E-state index contributed by atoms with van der Waals surface area (Å²) in [5.74, 6) is 2.93. The molecular weight excluding hydrogens is 416 g/mol. The second-order valence-electron chi connectivity index (χ2n) is 9.73. The lowest BCUT2D eigenvalue weighted by atomic mass is 9.93. The van der Waals surface area contributed by atoms with Gasteiger partial charge in [0.05, 0.1) is 16.6 Å². The van der Waals surface area contributed by atoms with Gasteiger partial charge < -0.3 is 14.8 Å². The number of fused-ring (bicyclic) bond motifs is 2. The van der Waals surface area contributed by atoms with Crippen LogP contribution in [0.2, 0.25) is 0 Å². The Morgan fingerprint density at radius 3 is 2.64 bits per heavy atom. The van der Waals surface area contributed by atoms with Gasteiger partial charge >= 0.3 is 5.97 Å². The van der Waals surface area contributed by atoms with Gasteiger partial charge in [0, 0.05) is 18.3 Å². The van der Waals surface area contributed by atoms with Crippen molar-refractivity contribution in [1.29, 1.82) is 0 Å². The highest BCUT2D eigenvalue weighted by molar-refractivity contribution is 5.93. The van der Waals surface area contributed by atoms with Crippen molar-refractivity contribution >= 4 is 28.4 Å². The molecule has 7 heteroatoms. The maximum Gasteiger partial charge on any atom is 0.340 e. The number of esters is 1. The highest BCUT2D eigenvalue weighted by atomic mass is 16.5. The van der Waals surface area contributed by atoms with E-state index in [1.165, 1.54) is 18.4 Å². The third-order valence-corrected chi connectivity index (χ3v) is 7.22. The molecule has 3 aromatic heterocycles. The van der Waals surface area contributed by atoms with Crippen molar-refractivity contribution in [1.82, 2.24) is 15.0 Å². The summed E-state index contributed by atoms with van der Waals surface area (Å²) in [7, 11) is 0. The van der Waals surface area contributed by atoms with Gasteiger partial charge in [-0.25, -0.2) is 19.7 Å². The average Bonchev–Trinajstić information content (AvgIpc) is 3.72. The predicted octanol–water partition coefficient (Wildman–Crippen LogP) is 5.49. The minimum atomic E-state index is -0.312. The predicted molar refractivity (Wildman–Crippen MR) is 125 cm³/mol. The lowest BCUT2D eigenvalue weighted by Crippen LogP contribution is -2.29. The Kier molecular flexibility index (Phi) is 4.75. The number of hydrogen-bond donors (Lipinski definition) is 1. The van der Waals surface area contributed by atoms with Crippen molar-refractivity contribution in [2.45, 2.75) is 70.5 Å². The molecule has 7 nitrogen and oxygen atoms in total. The third kappa shape index (κ3) is 3.79. The second-order valence-corrected chi connectivity index (χ2v) is 9.73. The number of anilines is 2. The zero-order valence-electron chi connectivity index (χ0n) is 19.2. The number of rotatable bonds is 6. The molecule has 4 heterocycles. The quantitative estimate of drug-likeness (QED) is 0.503. The summed E-state index contributed by atoms with van der Waals surface area (Å²) in [6.45, 7) is 6.22. The number of carbonyl (C=O) groups is 1. The molecule has 0 amide bonds. The van der Waals surface area contributed by atoms with Crippen molar-refractivity contribution in [2.75, 3.05) is 5.32 Å². The topological polar surface area (TPSA) is 86.2 Å². The molecule has 1 unspecified atom stereocenters. The summed E-state index contributed by atoms with van der Waals surface area (Å²) in [6.07, 6.45) is 8.64. The monoisotopic (exact) mass is 444 g/mol. The maximum absolute atomic E-state index is 12.2. The number of nitrogens with one attached hydrogen (secondary N) is 1. The minimum Gasteiger partial charge on any atom is -0.474 e. The molecule has 0 spiro atoms. The van der Waals surface area contributed by atoms with Crippen LogP contribution in [0.4, 0.5) is 11.6 Å². The first-order valence-corrected chi connectivity index (χ1v) is 11.9. The smallest absolute Gasteiger partial charge is 0.340 e. The summed E-state index contributed by atoms with van der Waals surface area (Å²) in [5, 5.41) is 5.43. The van der Waals surface area contributed by atoms with Crippen LogP contribution in [0.5, 0.6) is 5.88 Å². The van der Waals surface area contributed by atoms with Crippen LogP contribution in [0.15, 0.2) is 30.6 Å². The normalized spacial score (nSPS) is 23.1. The zero-order chi connectivity index (χ0) is 22.7. The summed E-state index contributed by atoms with van der Waals surface area (Å²) in [6, 6.07) is 5.66. The van der Waals surface area contributed by atoms with Gasteiger partial charge in [-0.15, -0.1) is 0 Å². The lowest BCUT2D eigenvalue weighted by Gasteiger charge is -2.27. The molecule has 3 atom stereocenters. The van der Waals surface area contributed by atoms with Gasteiger partial charge in [0.25, 0.3) is 0 Å². The van der Waals surface area contributed by atoms with Crippen molar-refractivity contribution in [3.63, 3.8) is 0 Å². The number of ether oxygens (including phenoxy) is 2. The highest BCUT2D eigenvalue weighted by Crippen LogP contribution is 2.45. The fourth-order valence-electron chi connectivity index (χ4n) is 4.60. The summed E-state index contributed by atoms with van der Waals surface area (Å²) < 4.78 is 11.5. The SMILES string of the molecule is CC(c1cnc(OC2CC2)c2cnc(Nc3ccc4c(n3)[C@@H](C)[C@H](C)OC4=O)cc12)C1CC1. The molecule has 2 fully saturated rings. The Morgan fingerprint density at radius 2 is 1.88 bits per heavy atom. The lowest BCUT2D eigenvalue weighted by molar-refractivity contribution is 0.0235. The van der Waals surface area contributed by atoms with Gasteiger partial charge in [-0.05, 0) is 73.6 Å². The van der Waals surface area contributed by atoms with Crippen LogP contribution in [-0.2, 0) is 4.74 Å². The van der Waals surface area contributed by atoms with E-state index in [1.54, 1.807) is 12.1 Å². The van der Waals surface area contributed by atoms with Gasteiger partial charge in [0.15, 0.2) is 0 Å². The van der Waals surface area contributed by atoms with E-state index in [4.69, 9.17) is 14.5 Å². The first-order valence-electron chi connectivity index (χ1n) is 11.9. The molecule has 0 saturated heterocycles. The Balaban J connectivity index is 1.37. The van der Waals surface area contributed by atoms with Crippen LogP contribution in [-0.4, -0.2) is 33.1 Å². The number of pyridine rings is 3. The molecular formula is C26H28N4O3. The molecule has 2 aliphatic carbocycles. The Hall–Kier alpha value is -3.22. The summed E-state index contributed by atoms with van der Waals surface area (Å²) in [4.78, 5) is 26.3. The largest absolute Gasteiger partial charge is 0.474 e. The van der Waals surface area contributed by atoms with Crippen LogP contribution in [0, 0.1) is 5.92 Å². The molecule has 0 radical (unpaired) electrons. The third-order valence-electron chi connectivity index (χ3n) is 7.22. The van der Waals surface area contributed by atoms with E-state index in [-0.39, 0.29) is 24.1 Å². The number of nitrogens with zero attached hydrogens (tertiary/aromatic N) is 3. The standard InChI is InChI=1S/C26H28N4O3/c1-13-15(3)32-26(31)18-8-9-22(30-24(13)18)29-23-10-19-20(14(2)16-4-5-16)11-28-25(21(19)12-27-23)33-17-6-7-17/h8-17H,4-7H2,1-3H3,(H,27,29,30)/t13-,14?,15-/m0/s1. The van der Waals surface area contributed by atoms with Crippen molar-refractivity contribution in [3.05, 3.63) is 47.4 Å². The summed E-state index contributed by atoms with van der Waals surface area (Å²) >= 11 is 0. The second kappa shape index (κ2) is 7.68. The Bertz CT molecular complexity index is 1250. The first kappa shape index (κ1) is 20.4. The molecule has 3 aromatic rings. The number of cyclic esters (lactones) is 1. The average molecular weight is 445 g/mol. The first-order chi connectivity index (χ1) is 16.0. The van der Waals surface area contributed by atoms with Crippen molar-refractivity contribution in [3.8, 4) is 5.88 Å². The fraction of sp³-hybridized carbons (Fsp3) is 0.462. The Labute approximate surface area is 192 Å². The molecule has 170 valence electrons. The minimum absolute atomic E-state index is 0.0308. The molecule has 1 N–H and O–H groups in total. The molecule has 2 saturated carbocycles. The van der Waals surface area contributed by atoms with Gasteiger partial charge in [-0.2, -0.15) is 0 Å². The van der Waals surface area contributed by atoms with E-state index in [1.807, 2.05) is 26.2 Å². The van der Waals surface area contributed by atoms with Crippen LogP contribution < -0.4 is 10.1 Å². The van der Waals surface area contributed by atoms with E-state index in [0.717, 1.165) is 35.2 Å². The number of hydrogen-bond acceptors (Lipinski definition) is 7. The molecule has 0 aromatic carbocycles. The van der Waals surface area contributed by atoms with E-state index in [0.29, 0.717) is 29.0 Å². The van der Waals surface area contributed by atoms with Crippen molar-refractivity contribution < 1.29 is 14.3 Å². The summed E-state index contributed by atoms with van der Waals surface area (Å²) in [5.41, 5.74) is 2.53. The van der Waals surface area contributed by atoms with E-state index in [9.17, 15) is 4.79 Å². The van der Waals surface area contributed by atoms with E-state index < -0.39 is 0 Å². The molecule has 0 bridgehead atoms. The molecule has 3 aliphatic rings. The van der Waals surface area contributed by atoms with Gasteiger partial charge in [-0.3, -0.25) is 0 Å². The molecule has 33 heavy (non-hydrogen) atoms. The van der Waals surface area contributed by atoms with Gasteiger partial charge in [0.2, 0.25) is 5.88 Å². The number of aromatic nitrogens is 3. The van der Waals surface area contributed by atoms with Crippen LogP contribution >= 0.6 is 0 Å². The molecule has 6 rings (SSSR count). The van der Waals surface area contributed by atoms with Gasteiger partial charge in [-0.1, -0.05) is 13.8 Å². The van der Waals surface area contributed by atoms with Crippen LogP contribution in [0.25, 0.3) is 10.8 Å². The van der Waals surface area contributed by atoms with E-state index >= 15 is 0 Å². The van der Waals surface area contributed by atoms with Crippen LogP contribution in [0.3, 0.4) is 0 Å². The van der Waals surface area contributed by atoms with E-state index in [2.05, 4.69) is 28.3 Å².